The smallest absolute Gasteiger partial charge is 0.335 e. The summed E-state index contributed by atoms with van der Waals surface area (Å²) in [6.45, 7) is 0.631. The first-order valence-electron chi connectivity index (χ1n) is 7.02. The van der Waals surface area contributed by atoms with E-state index in [4.69, 9.17) is 5.11 Å². The first-order chi connectivity index (χ1) is 9.97. The SMILES string of the molecule is CN(CC1CCCC1)C(=O)Nc1cc(C(=O)O)ccc1F. The molecule has 0 atom stereocenters. The lowest BCUT2D eigenvalue weighted by atomic mass is 10.1. The number of hydrogen-bond donors (Lipinski definition) is 2. The van der Waals surface area contributed by atoms with Crippen molar-refractivity contribution in [2.24, 2.45) is 5.92 Å². The molecular formula is C15H19FN2O3. The Balaban J connectivity index is 2.01. The molecule has 114 valence electrons. The third-order valence-corrected chi connectivity index (χ3v) is 3.81. The molecule has 0 aliphatic heterocycles. The molecule has 0 heterocycles. The number of amides is 2. The van der Waals surface area contributed by atoms with Crippen LogP contribution in [-0.2, 0) is 0 Å². The van der Waals surface area contributed by atoms with Gasteiger partial charge in [0.1, 0.15) is 5.82 Å². The first kappa shape index (κ1) is 15.3. The van der Waals surface area contributed by atoms with Gasteiger partial charge in [-0.05, 0) is 37.0 Å². The van der Waals surface area contributed by atoms with Crippen molar-refractivity contribution in [3.63, 3.8) is 0 Å². The van der Waals surface area contributed by atoms with Gasteiger partial charge in [0, 0.05) is 13.6 Å². The molecule has 1 saturated carbocycles. The maximum absolute atomic E-state index is 13.6. The molecule has 0 spiro atoms. The van der Waals surface area contributed by atoms with Gasteiger partial charge < -0.3 is 15.3 Å². The molecule has 1 aromatic carbocycles. The van der Waals surface area contributed by atoms with Gasteiger partial charge in [-0.1, -0.05) is 12.8 Å². The van der Waals surface area contributed by atoms with E-state index in [1.165, 1.54) is 17.7 Å². The Morgan fingerprint density at radius 1 is 1.38 bits per heavy atom. The molecule has 0 radical (unpaired) electrons. The van der Waals surface area contributed by atoms with Crippen molar-refractivity contribution in [2.75, 3.05) is 18.9 Å². The molecule has 1 aliphatic carbocycles. The average Bonchev–Trinajstić information content (AvgIpc) is 2.93. The van der Waals surface area contributed by atoms with Crippen molar-refractivity contribution < 1.29 is 19.1 Å². The van der Waals surface area contributed by atoms with Crippen LogP contribution in [0, 0.1) is 11.7 Å². The van der Waals surface area contributed by atoms with Crippen LogP contribution in [0.3, 0.4) is 0 Å². The molecular weight excluding hydrogens is 275 g/mol. The standard InChI is InChI=1S/C15H19FN2O3/c1-18(9-10-4-2-3-5-10)15(21)17-13-8-11(14(19)20)6-7-12(13)16/h6-8,10H,2-5,9H2,1H3,(H,17,21)(H,19,20). The summed E-state index contributed by atoms with van der Waals surface area (Å²) in [6.07, 6.45) is 4.60. The minimum Gasteiger partial charge on any atom is -0.478 e. The van der Waals surface area contributed by atoms with E-state index in [1.54, 1.807) is 7.05 Å². The minimum atomic E-state index is -1.16. The van der Waals surface area contributed by atoms with Crippen molar-refractivity contribution in [3.8, 4) is 0 Å². The number of carbonyl (C=O) groups excluding carboxylic acids is 1. The van der Waals surface area contributed by atoms with E-state index >= 15 is 0 Å². The summed E-state index contributed by atoms with van der Waals surface area (Å²) in [7, 11) is 1.66. The highest BCUT2D eigenvalue weighted by Gasteiger charge is 2.20. The molecule has 6 heteroatoms. The highest BCUT2D eigenvalue weighted by molar-refractivity contribution is 5.93. The number of carbonyl (C=O) groups is 2. The van der Waals surface area contributed by atoms with Gasteiger partial charge in [-0.3, -0.25) is 0 Å². The molecule has 2 N–H and O–H groups in total. The Kier molecular flexibility index (Phi) is 4.77. The predicted octanol–water partition coefficient (Wildman–Crippen LogP) is 3.18. The third-order valence-electron chi connectivity index (χ3n) is 3.81. The second-order valence-corrected chi connectivity index (χ2v) is 5.46. The topological polar surface area (TPSA) is 69.6 Å². The number of urea groups is 1. The average molecular weight is 294 g/mol. The van der Waals surface area contributed by atoms with Gasteiger partial charge in [0.15, 0.2) is 0 Å². The van der Waals surface area contributed by atoms with Crippen LogP contribution in [0.15, 0.2) is 18.2 Å². The fraction of sp³-hybridized carbons (Fsp3) is 0.467. The maximum Gasteiger partial charge on any atom is 0.335 e. The molecule has 2 amide bonds. The van der Waals surface area contributed by atoms with E-state index in [0.717, 1.165) is 31.0 Å². The van der Waals surface area contributed by atoms with Gasteiger partial charge >= 0.3 is 12.0 Å². The van der Waals surface area contributed by atoms with Crippen LogP contribution in [0.4, 0.5) is 14.9 Å². The van der Waals surface area contributed by atoms with Crippen molar-refractivity contribution in [3.05, 3.63) is 29.6 Å². The molecule has 1 aliphatic rings. The molecule has 1 aromatic rings. The van der Waals surface area contributed by atoms with Crippen molar-refractivity contribution in [1.82, 2.24) is 4.90 Å². The molecule has 2 rings (SSSR count). The number of carboxylic acids is 1. The number of hydrogen-bond acceptors (Lipinski definition) is 2. The van der Waals surface area contributed by atoms with Crippen LogP contribution >= 0.6 is 0 Å². The summed E-state index contributed by atoms with van der Waals surface area (Å²) >= 11 is 0. The minimum absolute atomic E-state index is 0.0647. The van der Waals surface area contributed by atoms with Gasteiger partial charge in [0.25, 0.3) is 0 Å². The number of anilines is 1. The van der Waals surface area contributed by atoms with Gasteiger partial charge in [-0.15, -0.1) is 0 Å². The first-order valence-corrected chi connectivity index (χ1v) is 7.02. The summed E-state index contributed by atoms with van der Waals surface area (Å²) in [5.41, 5.74) is -0.177. The number of halogens is 1. The third kappa shape index (κ3) is 3.93. The zero-order chi connectivity index (χ0) is 15.4. The van der Waals surface area contributed by atoms with Gasteiger partial charge in [-0.2, -0.15) is 0 Å². The number of rotatable bonds is 4. The van der Waals surface area contributed by atoms with E-state index in [9.17, 15) is 14.0 Å². The van der Waals surface area contributed by atoms with Crippen molar-refractivity contribution in [2.45, 2.75) is 25.7 Å². The normalized spacial score (nSPS) is 15.0. The Morgan fingerprint density at radius 3 is 2.67 bits per heavy atom. The Bertz CT molecular complexity index is 542. The van der Waals surface area contributed by atoms with E-state index in [0.29, 0.717) is 12.5 Å². The molecule has 1 fully saturated rings. The summed E-state index contributed by atoms with van der Waals surface area (Å²) < 4.78 is 13.6. The van der Waals surface area contributed by atoms with Crippen LogP contribution in [-0.4, -0.2) is 35.6 Å². The predicted molar refractivity (Wildman–Crippen MR) is 77.0 cm³/mol. The van der Waals surface area contributed by atoms with E-state index in [-0.39, 0.29) is 11.3 Å². The highest BCUT2D eigenvalue weighted by atomic mass is 19.1. The second-order valence-electron chi connectivity index (χ2n) is 5.46. The lowest BCUT2D eigenvalue weighted by molar-refractivity contribution is 0.0697. The molecule has 21 heavy (non-hydrogen) atoms. The van der Waals surface area contributed by atoms with Crippen LogP contribution in [0.1, 0.15) is 36.0 Å². The number of aromatic carboxylic acids is 1. The van der Waals surface area contributed by atoms with Crippen LogP contribution < -0.4 is 5.32 Å². The molecule has 5 nitrogen and oxygen atoms in total. The second kappa shape index (κ2) is 6.56. The fourth-order valence-corrected chi connectivity index (χ4v) is 2.63. The lowest BCUT2D eigenvalue weighted by Crippen LogP contribution is -2.35. The Hall–Kier alpha value is -2.11. The van der Waals surface area contributed by atoms with Gasteiger partial charge in [0.05, 0.1) is 11.3 Å². The summed E-state index contributed by atoms with van der Waals surface area (Å²) in [6, 6.07) is 2.90. The van der Waals surface area contributed by atoms with E-state index in [1.807, 2.05) is 0 Å². The zero-order valence-electron chi connectivity index (χ0n) is 11.9. The molecule has 0 unspecified atom stereocenters. The van der Waals surface area contributed by atoms with E-state index in [2.05, 4.69) is 5.32 Å². The lowest BCUT2D eigenvalue weighted by Gasteiger charge is -2.21. The van der Waals surface area contributed by atoms with Crippen LogP contribution in [0.2, 0.25) is 0 Å². The number of nitrogens with one attached hydrogen (secondary N) is 1. The summed E-state index contributed by atoms with van der Waals surface area (Å²) in [5.74, 6) is -1.32. The van der Waals surface area contributed by atoms with Crippen molar-refractivity contribution >= 4 is 17.7 Å². The molecule has 0 aromatic heterocycles. The van der Waals surface area contributed by atoms with Crippen molar-refractivity contribution in [1.29, 1.82) is 0 Å². The van der Waals surface area contributed by atoms with Gasteiger partial charge in [-0.25, -0.2) is 14.0 Å². The highest BCUT2D eigenvalue weighted by Crippen LogP contribution is 2.25. The quantitative estimate of drug-likeness (QED) is 0.896. The molecule has 0 bridgehead atoms. The number of benzene rings is 1. The maximum atomic E-state index is 13.6. The number of carboxylic acid groups (broad SMARTS) is 1. The number of nitrogens with zero attached hydrogens (tertiary/aromatic N) is 1. The van der Waals surface area contributed by atoms with Crippen LogP contribution in [0.5, 0.6) is 0 Å². The largest absolute Gasteiger partial charge is 0.478 e. The summed E-state index contributed by atoms with van der Waals surface area (Å²) in [5, 5.41) is 11.3. The van der Waals surface area contributed by atoms with E-state index < -0.39 is 17.8 Å². The summed E-state index contributed by atoms with van der Waals surface area (Å²) in [4.78, 5) is 24.4. The molecule has 0 saturated heterocycles. The van der Waals surface area contributed by atoms with Crippen LogP contribution in [0.25, 0.3) is 0 Å². The fourth-order valence-electron chi connectivity index (χ4n) is 2.63. The zero-order valence-corrected chi connectivity index (χ0v) is 11.9. The Morgan fingerprint density at radius 2 is 2.05 bits per heavy atom. The monoisotopic (exact) mass is 294 g/mol. The van der Waals surface area contributed by atoms with Gasteiger partial charge in [0.2, 0.25) is 0 Å². The Labute approximate surface area is 122 Å².